The molecule has 3 rings (SSSR count). The lowest BCUT2D eigenvalue weighted by atomic mass is 10.1. The van der Waals surface area contributed by atoms with Gasteiger partial charge >= 0.3 is 0 Å². The van der Waals surface area contributed by atoms with Gasteiger partial charge in [-0.15, -0.1) is 0 Å². The summed E-state index contributed by atoms with van der Waals surface area (Å²) in [5, 5.41) is -0.101. The molecule has 0 aliphatic rings. The van der Waals surface area contributed by atoms with Crippen LogP contribution in [0, 0.1) is 5.82 Å². The smallest absolute Gasteiger partial charge is 0.166 e. The average molecular weight is 421 g/mol. The van der Waals surface area contributed by atoms with Gasteiger partial charge in [0.2, 0.25) is 0 Å². The summed E-state index contributed by atoms with van der Waals surface area (Å²) in [5.41, 5.74) is 2.50. The van der Waals surface area contributed by atoms with Crippen molar-refractivity contribution in [2.75, 3.05) is 19.1 Å². The molecule has 0 aliphatic carbocycles. The summed E-state index contributed by atoms with van der Waals surface area (Å²) < 4.78 is 24.5. The van der Waals surface area contributed by atoms with E-state index in [1.165, 1.54) is 6.07 Å². The number of benzene rings is 2. The first-order valence-corrected chi connectivity index (χ1v) is 9.28. The molecular weight excluding hydrogens is 402 g/mol. The second-order valence-corrected chi connectivity index (χ2v) is 6.84. The molecule has 2 aromatic carbocycles. The van der Waals surface area contributed by atoms with Gasteiger partial charge < -0.3 is 14.4 Å². The highest BCUT2D eigenvalue weighted by Crippen LogP contribution is 2.31. The standard InChI is InChI=1S/C21H19Cl2FN2O2/c1-27-16-7-3-14(4-8-16)12-26(13-15-5-9-17(28-2)10-6-15)19-11-18(24)20(22)25-21(19)23/h3-11H,12-13H2,1-2H3. The minimum atomic E-state index is -0.615. The van der Waals surface area contributed by atoms with E-state index in [9.17, 15) is 4.39 Å². The molecule has 0 N–H and O–H groups in total. The van der Waals surface area contributed by atoms with E-state index < -0.39 is 5.82 Å². The molecule has 0 spiro atoms. The van der Waals surface area contributed by atoms with Crippen LogP contribution in [-0.2, 0) is 13.1 Å². The molecule has 3 aromatic rings. The Bertz CT molecular complexity index is 885. The van der Waals surface area contributed by atoms with Crippen LogP contribution in [0.5, 0.6) is 11.5 Å². The van der Waals surface area contributed by atoms with Crippen LogP contribution in [0.4, 0.5) is 10.1 Å². The number of ether oxygens (including phenoxy) is 2. The number of hydrogen-bond donors (Lipinski definition) is 0. The second kappa shape index (κ2) is 9.13. The number of nitrogens with zero attached hydrogens (tertiary/aromatic N) is 2. The number of aromatic nitrogens is 1. The average Bonchev–Trinajstić information content (AvgIpc) is 2.71. The van der Waals surface area contributed by atoms with E-state index in [0.717, 1.165) is 22.6 Å². The number of hydrogen-bond acceptors (Lipinski definition) is 4. The highest BCUT2D eigenvalue weighted by Gasteiger charge is 2.17. The summed E-state index contributed by atoms with van der Waals surface area (Å²) in [5.74, 6) is 0.918. The zero-order valence-electron chi connectivity index (χ0n) is 15.5. The molecule has 0 amide bonds. The molecule has 1 heterocycles. The van der Waals surface area contributed by atoms with Crippen LogP contribution in [0.3, 0.4) is 0 Å². The van der Waals surface area contributed by atoms with Crippen molar-refractivity contribution in [3.8, 4) is 11.5 Å². The second-order valence-electron chi connectivity index (χ2n) is 6.12. The number of methoxy groups -OCH3 is 2. The Kier molecular flexibility index (Phi) is 6.60. The Hall–Kier alpha value is -2.50. The van der Waals surface area contributed by atoms with E-state index in [1.54, 1.807) is 14.2 Å². The van der Waals surface area contributed by atoms with E-state index in [1.807, 2.05) is 53.4 Å². The molecule has 4 nitrogen and oxygen atoms in total. The fraction of sp³-hybridized carbons (Fsp3) is 0.190. The Balaban J connectivity index is 1.93. The van der Waals surface area contributed by atoms with Crippen LogP contribution in [-0.4, -0.2) is 19.2 Å². The van der Waals surface area contributed by atoms with Gasteiger partial charge in [0.25, 0.3) is 0 Å². The Labute approximate surface area is 173 Å². The number of halogens is 3. The van der Waals surface area contributed by atoms with Gasteiger partial charge in [-0.05, 0) is 35.4 Å². The van der Waals surface area contributed by atoms with Crippen molar-refractivity contribution >= 4 is 28.9 Å². The zero-order valence-corrected chi connectivity index (χ0v) is 17.0. The van der Waals surface area contributed by atoms with Gasteiger partial charge in [-0.3, -0.25) is 0 Å². The maximum Gasteiger partial charge on any atom is 0.166 e. The summed E-state index contributed by atoms with van der Waals surface area (Å²) in [7, 11) is 3.24. The van der Waals surface area contributed by atoms with Crippen molar-refractivity contribution in [3.63, 3.8) is 0 Å². The first kappa shape index (κ1) is 20.2. The summed E-state index contributed by atoms with van der Waals surface area (Å²) >= 11 is 12.0. The quantitative estimate of drug-likeness (QED) is 0.455. The number of pyridine rings is 1. The van der Waals surface area contributed by atoms with Crippen molar-refractivity contribution in [3.05, 3.63) is 81.8 Å². The summed E-state index contributed by atoms with van der Waals surface area (Å²) in [6, 6.07) is 16.6. The normalized spacial score (nSPS) is 10.6. The van der Waals surface area contributed by atoms with Crippen molar-refractivity contribution in [1.82, 2.24) is 4.98 Å². The van der Waals surface area contributed by atoms with E-state index in [-0.39, 0.29) is 10.3 Å². The predicted octanol–water partition coefficient (Wildman–Crippen LogP) is 5.75. The van der Waals surface area contributed by atoms with E-state index >= 15 is 0 Å². The lowest BCUT2D eigenvalue weighted by Crippen LogP contribution is -2.23. The fourth-order valence-electron chi connectivity index (χ4n) is 2.79. The molecule has 0 aliphatic heterocycles. The van der Waals surface area contributed by atoms with Gasteiger partial charge in [-0.1, -0.05) is 47.5 Å². The molecule has 0 unspecified atom stereocenters. The first-order valence-electron chi connectivity index (χ1n) is 8.52. The lowest BCUT2D eigenvalue weighted by Gasteiger charge is -2.26. The van der Waals surface area contributed by atoms with Crippen LogP contribution in [0.2, 0.25) is 10.3 Å². The van der Waals surface area contributed by atoms with Crippen molar-refractivity contribution < 1.29 is 13.9 Å². The van der Waals surface area contributed by atoms with Crippen LogP contribution in [0.25, 0.3) is 0 Å². The number of anilines is 1. The van der Waals surface area contributed by atoms with Crippen LogP contribution >= 0.6 is 23.2 Å². The molecule has 0 saturated carbocycles. The summed E-state index contributed by atoms with van der Waals surface area (Å²) in [6.45, 7) is 0.997. The van der Waals surface area contributed by atoms with Gasteiger partial charge in [-0.2, -0.15) is 0 Å². The molecule has 0 fully saturated rings. The molecule has 146 valence electrons. The molecular formula is C21H19Cl2FN2O2. The third-order valence-corrected chi connectivity index (χ3v) is 4.82. The van der Waals surface area contributed by atoms with Crippen molar-refractivity contribution in [1.29, 1.82) is 0 Å². The molecule has 1 aromatic heterocycles. The molecule has 0 radical (unpaired) electrons. The Morgan fingerprint density at radius 3 is 1.71 bits per heavy atom. The topological polar surface area (TPSA) is 34.6 Å². The monoisotopic (exact) mass is 420 g/mol. The highest BCUT2D eigenvalue weighted by atomic mass is 35.5. The van der Waals surface area contributed by atoms with Crippen molar-refractivity contribution in [2.24, 2.45) is 0 Å². The van der Waals surface area contributed by atoms with Gasteiger partial charge in [0.1, 0.15) is 11.5 Å². The van der Waals surface area contributed by atoms with Crippen LogP contribution in [0.1, 0.15) is 11.1 Å². The number of rotatable bonds is 7. The largest absolute Gasteiger partial charge is 0.497 e. The van der Waals surface area contributed by atoms with Gasteiger partial charge in [-0.25, -0.2) is 9.37 Å². The highest BCUT2D eigenvalue weighted by molar-refractivity contribution is 6.34. The summed E-state index contributed by atoms with van der Waals surface area (Å²) in [4.78, 5) is 5.85. The van der Waals surface area contributed by atoms with Gasteiger partial charge in [0.15, 0.2) is 16.1 Å². The fourth-order valence-corrected chi connectivity index (χ4v) is 3.23. The zero-order chi connectivity index (χ0) is 20.1. The van der Waals surface area contributed by atoms with Crippen LogP contribution < -0.4 is 14.4 Å². The molecule has 28 heavy (non-hydrogen) atoms. The predicted molar refractivity (Wildman–Crippen MR) is 110 cm³/mol. The Morgan fingerprint density at radius 2 is 1.29 bits per heavy atom. The maximum absolute atomic E-state index is 14.1. The summed E-state index contributed by atoms with van der Waals surface area (Å²) in [6.07, 6.45) is 0. The molecule has 0 atom stereocenters. The molecule has 7 heteroatoms. The third kappa shape index (κ3) is 4.86. The van der Waals surface area contributed by atoms with E-state index in [4.69, 9.17) is 32.7 Å². The molecule has 0 bridgehead atoms. The van der Waals surface area contributed by atoms with Gasteiger partial charge in [0.05, 0.1) is 19.9 Å². The molecule has 0 saturated heterocycles. The van der Waals surface area contributed by atoms with E-state index in [0.29, 0.717) is 18.8 Å². The van der Waals surface area contributed by atoms with Crippen LogP contribution in [0.15, 0.2) is 54.6 Å². The van der Waals surface area contributed by atoms with Crippen molar-refractivity contribution in [2.45, 2.75) is 13.1 Å². The minimum absolute atomic E-state index is 0.147. The first-order chi connectivity index (χ1) is 13.5. The third-order valence-electron chi connectivity index (χ3n) is 4.27. The maximum atomic E-state index is 14.1. The van der Waals surface area contributed by atoms with Gasteiger partial charge in [0, 0.05) is 19.2 Å². The van der Waals surface area contributed by atoms with E-state index in [2.05, 4.69) is 4.98 Å². The SMILES string of the molecule is COc1ccc(CN(Cc2ccc(OC)cc2)c2cc(F)c(Cl)nc2Cl)cc1. The minimum Gasteiger partial charge on any atom is -0.497 e. The lowest BCUT2D eigenvalue weighted by molar-refractivity contribution is 0.414. The Morgan fingerprint density at radius 1 is 0.821 bits per heavy atom.